The van der Waals surface area contributed by atoms with E-state index >= 15 is 0 Å². The minimum atomic E-state index is -3.81. The van der Waals surface area contributed by atoms with E-state index in [9.17, 15) is 18.0 Å². The first kappa shape index (κ1) is 17.4. The second-order valence-electron chi connectivity index (χ2n) is 5.46. The highest BCUT2D eigenvalue weighted by atomic mass is 35.5. The van der Waals surface area contributed by atoms with Crippen molar-refractivity contribution in [1.29, 1.82) is 0 Å². The Labute approximate surface area is 148 Å². The largest absolute Gasteiger partial charge is 0.448 e. The molecule has 0 aromatic heterocycles. The van der Waals surface area contributed by atoms with E-state index in [2.05, 4.69) is 5.32 Å². The van der Waals surface area contributed by atoms with E-state index in [4.69, 9.17) is 21.5 Å². The Morgan fingerprint density at radius 2 is 1.88 bits per heavy atom. The maximum Gasteiger partial charge on any atom is 0.339 e. The van der Waals surface area contributed by atoms with Crippen LogP contribution >= 0.6 is 11.6 Å². The summed E-state index contributed by atoms with van der Waals surface area (Å²) in [7, 11) is -3.81. The number of cyclic esters (lactones) is 1. The molecule has 0 saturated carbocycles. The van der Waals surface area contributed by atoms with Gasteiger partial charge in [-0.1, -0.05) is 11.6 Å². The Morgan fingerprint density at radius 3 is 2.52 bits per heavy atom. The maximum absolute atomic E-state index is 12.3. The van der Waals surface area contributed by atoms with E-state index in [1.165, 1.54) is 24.3 Å². The van der Waals surface area contributed by atoms with E-state index in [-0.39, 0.29) is 11.3 Å². The van der Waals surface area contributed by atoms with Gasteiger partial charge in [-0.3, -0.25) is 4.79 Å². The lowest BCUT2D eigenvalue weighted by atomic mass is 9.98. The third-order valence-corrected chi connectivity index (χ3v) is 4.85. The van der Waals surface area contributed by atoms with Crippen LogP contribution < -0.4 is 10.5 Å². The topological polar surface area (TPSA) is 116 Å². The molecule has 0 fully saturated rings. The molecule has 25 heavy (non-hydrogen) atoms. The average Bonchev–Trinajstić information content (AvgIpc) is 2.54. The molecule has 0 spiro atoms. The number of fused-ring (bicyclic) bond motifs is 1. The quantitative estimate of drug-likeness (QED) is 0.786. The lowest BCUT2D eigenvalue weighted by molar-refractivity contribution is -0.125. The number of anilines is 1. The molecule has 130 valence electrons. The molecule has 1 heterocycles. The highest BCUT2D eigenvalue weighted by molar-refractivity contribution is 7.89. The number of hydrogen-bond donors (Lipinski definition) is 2. The number of halogens is 1. The number of carbonyl (C=O) groups is 2. The molecule has 1 atom stereocenters. The predicted octanol–water partition coefficient (Wildman–Crippen LogP) is 1.71. The summed E-state index contributed by atoms with van der Waals surface area (Å²) in [5, 5.41) is 8.05. The number of sulfonamides is 1. The summed E-state index contributed by atoms with van der Waals surface area (Å²) in [5.74, 6) is -1.12. The summed E-state index contributed by atoms with van der Waals surface area (Å²) in [6.45, 7) is 0. The highest BCUT2D eigenvalue weighted by Crippen LogP contribution is 2.25. The Kier molecular flexibility index (Phi) is 4.51. The van der Waals surface area contributed by atoms with Crippen LogP contribution in [-0.2, 0) is 26.0 Å². The standard InChI is InChI=1S/C16H13ClN2O5S/c17-10-1-6-13-9(7-10)8-14(24-16(13)21)15(20)19-11-2-4-12(5-3-11)25(18,22)23/h1-7,14H,8H2,(H,19,20)(H2,18,22,23). The van der Waals surface area contributed by atoms with Crippen molar-refractivity contribution in [2.75, 3.05) is 5.32 Å². The number of primary sulfonamides is 1. The monoisotopic (exact) mass is 380 g/mol. The van der Waals surface area contributed by atoms with E-state index < -0.39 is 28.0 Å². The third-order valence-electron chi connectivity index (χ3n) is 3.68. The summed E-state index contributed by atoms with van der Waals surface area (Å²) in [6.07, 6.45) is -0.806. The van der Waals surface area contributed by atoms with Gasteiger partial charge in [0, 0.05) is 17.1 Å². The van der Waals surface area contributed by atoms with Crippen LogP contribution in [0.25, 0.3) is 0 Å². The van der Waals surface area contributed by atoms with Crippen molar-refractivity contribution in [2.24, 2.45) is 5.14 Å². The van der Waals surface area contributed by atoms with Gasteiger partial charge in [0.15, 0.2) is 6.10 Å². The van der Waals surface area contributed by atoms with Gasteiger partial charge in [-0.05, 0) is 48.0 Å². The van der Waals surface area contributed by atoms with E-state index in [1.54, 1.807) is 18.2 Å². The van der Waals surface area contributed by atoms with Gasteiger partial charge in [0.1, 0.15) is 0 Å². The van der Waals surface area contributed by atoms with Gasteiger partial charge in [0.25, 0.3) is 5.91 Å². The first-order valence-corrected chi connectivity index (χ1v) is 9.09. The van der Waals surface area contributed by atoms with Crippen LogP contribution in [0.4, 0.5) is 5.69 Å². The van der Waals surface area contributed by atoms with E-state index in [0.717, 1.165) is 0 Å². The molecule has 0 radical (unpaired) electrons. The summed E-state index contributed by atoms with van der Waals surface area (Å²) >= 11 is 5.92. The molecule has 1 aliphatic rings. The number of hydrogen-bond acceptors (Lipinski definition) is 5. The summed E-state index contributed by atoms with van der Waals surface area (Å²) in [4.78, 5) is 24.2. The fourth-order valence-electron chi connectivity index (χ4n) is 2.46. The molecule has 1 unspecified atom stereocenters. The third kappa shape index (κ3) is 3.81. The number of esters is 1. The summed E-state index contributed by atoms with van der Waals surface area (Å²) in [6, 6.07) is 10.1. The number of amides is 1. The SMILES string of the molecule is NS(=O)(=O)c1ccc(NC(=O)C2Cc3cc(Cl)ccc3C(=O)O2)cc1. The van der Waals surface area contributed by atoms with Crippen molar-refractivity contribution in [3.8, 4) is 0 Å². The lowest BCUT2D eigenvalue weighted by Gasteiger charge is -2.24. The minimum Gasteiger partial charge on any atom is -0.448 e. The lowest BCUT2D eigenvalue weighted by Crippen LogP contribution is -2.38. The Bertz CT molecular complexity index is 957. The highest BCUT2D eigenvalue weighted by Gasteiger charge is 2.31. The maximum atomic E-state index is 12.3. The van der Waals surface area contributed by atoms with Crippen molar-refractivity contribution in [1.82, 2.24) is 0 Å². The van der Waals surface area contributed by atoms with Crippen LogP contribution in [0, 0.1) is 0 Å². The normalized spacial score (nSPS) is 16.7. The fourth-order valence-corrected chi connectivity index (χ4v) is 3.17. The van der Waals surface area contributed by atoms with Gasteiger partial charge in [-0.2, -0.15) is 0 Å². The summed E-state index contributed by atoms with van der Waals surface area (Å²) < 4.78 is 27.6. The molecule has 0 bridgehead atoms. The molecular formula is C16H13ClN2O5S. The average molecular weight is 381 g/mol. The van der Waals surface area contributed by atoms with Crippen LogP contribution in [0.15, 0.2) is 47.4 Å². The van der Waals surface area contributed by atoms with Crippen LogP contribution in [0.2, 0.25) is 5.02 Å². The molecular weight excluding hydrogens is 368 g/mol. The molecule has 7 nitrogen and oxygen atoms in total. The molecule has 3 N–H and O–H groups in total. The second kappa shape index (κ2) is 6.47. The molecule has 1 aliphatic heterocycles. The minimum absolute atomic E-state index is 0.0711. The van der Waals surface area contributed by atoms with Crippen LogP contribution in [0.1, 0.15) is 15.9 Å². The smallest absolute Gasteiger partial charge is 0.339 e. The molecule has 0 saturated heterocycles. The van der Waals surface area contributed by atoms with Gasteiger partial charge in [0.2, 0.25) is 10.0 Å². The zero-order valence-corrected chi connectivity index (χ0v) is 14.3. The van der Waals surface area contributed by atoms with Crippen molar-refractivity contribution in [3.05, 3.63) is 58.6 Å². The molecule has 9 heteroatoms. The molecule has 2 aromatic rings. The Balaban J connectivity index is 1.75. The second-order valence-corrected chi connectivity index (χ2v) is 7.46. The number of carbonyl (C=O) groups excluding carboxylic acids is 2. The van der Waals surface area contributed by atoms with E-state index in [1.807, 2.05) is 0 Å². The van der Waals surface area contributed by atoms with Gasteiger partial charge in [-0.25, -0.2) is 18.4 Å². The fraction of sp³-hybridized carbons (Fsp3) is 0.125. The van der Waals surface area contributed by atoms with Crippen molar-refractivity contribution < 1.29 is 22.7 Å². The number of benzene rings is 2. The first-order chi connectivity index (χ1) is 11.7. The number of nitrogens with one attached hydrogen (secondary N) is 1. The Morgan fingerprint density at radius 1 is 1.20 bits per heavy atom. The predicted molar refractivity (Wildman–Crippen MR) is 90.8 cm³/mol. The summed E-state index contributed by atoms with van der Waals surface area (Å²) in [5.41, 5.74) is 1.37. The molecule has 2 aromatic carbocycles. The zero-order valence-electron chi connectivity index (χ0n) is 12.7. The van der Waals surface area contributed by atoms with Crippen molar-refractivity contribution >= 4 is 39.2 Å². The molecule has 0 aliphatic carbocycles. The first-order valence-electron chi connectivity index (χ1n) is 7.17. The molecule has 1 amide bonds. The van der Waals surface area contributed by atoms with Crippen LogP contribution in [0.5, 0.6) is 0 Å². The van der Waals surface area contributed by atoms with Gasteiger partial charge >= 0.3 is 5.97 Å². The number of ether oxygens (including phenoxy) is 1. The van der Waals surface area contributed by atoms with Crippen LogP contribution in [0.3, 0.4) is 0 Å². The van der Waals surface area contributed by atoms with E-state index in [0.29, 0.717) is 21.8 Å². The van der Waals surface area contributed by atoms with Gasteiger partial charge in [-0.15, -0.1) is 0 Å². The number of nitrogens with two attached hydrogens (primary N) is 1. The number of rotatable bonds is 3. The van der Waals surface area contributed by atoms with Crippen molar-refractivity contribution in [2.45, 2.75) is 17.4 Å². The molecule has 3 rings (SSSR count). The van der Waals surface area contributed by atoms with Crippen LogP contribution in [-0.4, -0.2) is 26.4 Å². The van der Waals surface area contributed by atoms with Gasteiger partial charge in [0.05, 0.1) is 10.5 Å². The van der Waals surface area contributed by atoms with Gasteiger partial charge < -0.3 is 10.1 Å². The van der Waals surface area contributed by atoms with Crippen molar-refractivity contribution in [3.63, 3.8) is 0 Å². The Hall–Kier alpha value is -2.42. The zero-order chi connectivity index (χ0) is 18.2.